The Morgan fingerprint density at radius 2 is 1.67 bits per heavy atom. The van der Waals surface area contributed by atoms with Gasteiger partial charge in [-0.3, -0.25) is 0 Å². The Bertz CT molecular complexity index is 1030. The van der Waals surface area contributed by atoms with Crippen LogP contribution in [0.4, 0.5) is 5.69 Å². The van der Waals surface area contributed by atoms with Crippen molar-refractivity contribution in [2.45, 2.75) is 6.04 Å². The van der Waals surface area contributed by atoms with E-state index in [9.17, 15) is 0 Å². The molecule has 0 bridgehead atoms. The molecule has 3 aromatic carbocycles. The zero-order valence-corrected chi connectivity index (χ0v) is 16.5. The fourth-order valence-electron chi connectivity index (χ4n) is 2.74. The average Bonchev–Trinajstić information content (AvgIpc) is 3.18. The third-order valence-electron chi connectivity index (χ3n) is 4.05. The van der Waals surface area contributed by atoms with E-state index in [1.54, 1.807) is 0 Å². The van der Waals surface area contributed by atoms with Gasteiger partial charge in [0.05, 0.1) is 0 Å². The van der Waals surface area contributed by atoms with Crippen LogP contribution >= 0.6 is 27.5 Å². The molecule has 0 fully saturated rings. The van der Waals surface area contributed by atoms with Gasteiger partial charge in [0.2, 0.25) is 11.8 Å². The van der Waals surface area contributed by atoms with E-state index < -0.39 is 0 Å². The third-order valence-corrected chi connectivity index (χ3v) is 4.81. The topological polar surface area (TPSA) is 51.0 Å². The van der Waals surface area contributed by atoms with Gasteiger partial charge < -0.3 is 9.73 Å². The van der Waals surface area contributed by atoms with Crippen LogP contribution < -0.4 is 5.32 Å². The monoisotopic (exact) mass is 439 g/mol. The molecule has 27 heavy (non-hydrogen) atoms. The highest BCUT2D eigenvalue weighted by atomic mass is 79.9. The number of nitrogens with one attached hydrogen (secondary N) is 1. The minimum atomic E-state index is -0.324. The first-order valence-corrected chi connectivity index (χ1v) is 9.52. The Hall–Kier alpha value is -2.63. The zero-order valence-electron chi connectivity index (χ0n) is 14.1. The van der Waals surface area contributed by atoms with E-state index in [-0.39, 0.29) is 6.04 Å². The van der Waals surface area contributed by atoms with Crippen LogP contribution in [0.5, 0.6) is 0 Å². The minimum absolute atomic E-state index is 0.324. The number of anilines is 1. The van der Waals surface area contributed by atoms with Gasteiger partial charge in [0, 0.05) is 20.7 Å². The fourth-order valence-corrected chi connectivity index (χ4v) is 3.20. The molecule has 0 unspecified atom stereocenters. The number of aromatic nitrogens is 2. The number of nitrogens with zero attached hydrogens (tertiary/aromatic N) is 2. The van der Waals surface area contributed by atoms with Crippen molar-refractivity contribution in [3.05, 3.63) is 99.8 Å². The van der Waals surface area contributed by atoms with Gasteiger partial charge in [-0.05, 0) is 54.1 Å². The van der Waals surface area contributed by atoms with Crippen LogP contribution in [0.15, 0.2) is 87.8 Å². The number of halogens is 2. The van der Waals surface area contributed by atoms with Crippen molar-refractivity contribution in [3.8, 4) is 11.5 Å². The highest BCUT2D eigenvalue weighted by molar-refractivity contribution is 9.10. The standard InChI is InChI=1S/C21H15BrClN3O/c22-16-9-11-18(12-10-16)24-19(15-7-4-8-17(23)13-15)21-26-25-20(27-21)14-5-2-1-3-6-14/h1-13,19,24H/t19-/m1/s1. The lowest BCUT2D eigenvalue weighted by Gasteiger charge is -2.17. The molecule has 0 radical (unpaired) electrons. The van der Waals surface area contributed by atoms with Gasteiger partial charge in [-0.1, -0.05) is 57.9 Å². The van der Waals surface area contributed by atoms with E-state index in [1.165, 1.54) is 0 Å². The van der Waals surface area contributed by atoms with Crippen molar-refractivity contribution < 1.29 is 4.42 Å². The molecule has 0 aliphatic carbocycles. The Kier molecular flexibility index (Phi) is 5.23. The van der Waals surface area contributed by atoms with Gasteiger partial charge in [0.25, 0.3) is 0 Å². The van der Waals surface area contributed by atoms with Crippen molar-refractivity contribution in [2.75, 3.05) is 5.32 Å². The first kappa shape index (κ1) is 17.8. The number of benzene rings is 3. The molecule has 0 aliphatic rings. The van der Waals surface area contributed by atoms with E-state index in [4.69, 9.17) is 16.0 Å². The van der Waals surface area contributed by atoms with Crippen LogP contribution in [0, 0.1) is 0 Å². The van der Waals surface area contributed by atoms with Gasteiger partial charge in [0.1, 0.15) is 6.04 Å². The molecule has 0 spiro atoms. The zero-order chi connectivity index (χ0) is 18.6. The molecule has 6 heteroatoms. The summed E-state index contributed by atoms with van der Waals surface area (Å²) in [6.07, 6.45) is 0. The van der Waals surface area contributed by atoms with Crippen molar-refractivity contribution in [1.82, 2.24) is 10.2 Å². The van der Waals surface area contributed by atoms with Crippen molar-refractivity contribution >= 4 is 33.2 Å². The summed E-state index contributed by atoms with van der Waals surface area (Å²) in [5.74, 6) is 0.953. The van der Waals surface area contributed by atoms with Crippen LogP contribution in [0.25, 0.3) is 11.5 Å². The van der Waals surface area contributed by atoms with Crippen molar-refractivity contribution in [1.29, 1.82) is 0 Å². The summed E-state index contributed by atoms with van der Waals surface area (Å²) < 4.78 is 7.00. The number of hydrogen-bond donors (Lipinski definition) is 1. The molecular formula is C21H15BrClN3O. The lowest BCUT2D eigenvalue weighted by molar-refractivity contribution is 0.494. The quantitative estimate of drug-likeness (QED) is 0.392. The molecule has 4 rings (SSSR count). The average molecular weight is 441 g/mol. The summed E-state index contributed by atoms with van der Waals surface area (Å²) >= 11 is 9.65. The summed E-state index contributed by atoms with van der Waals surface area (Å²) in [6, 6.07) is 24.9. The normalized spacial score (nSPS) is 11.9. The number of hydrogen-bond acceptors (Lipinski definition) is 4. The SMILES string of the molecule is Clc1cccc([C@@H](Nc2ccc(Br)cc2)c2nnc(-c3ccccc3)o2)c1. The summed E-state index contributed by atoms with van der Waals surface area (Å²) in [4.78, 5) is 0. The molecule has 4 nitrogen and oxygen atoms in total. The van der Waals surface area contributed by atoms with Crippen LogP contribution in [-0.2, 0) is 0 Å². The largest absolute Gasteiger partial charge is 0.418 e. The van der Waals surface area contributed by atoms with Crippen molar-refractivity contribution in [2.24, 2.45) is 0 Å². The predicted molar refractivity (Wildman–Crippen MR) is 111 cm³/mol. The Labute approximate surface area is 170 Å². The smallest absolute Gasteiger partial charge is 0.247 e. The summed E-state index contributed by atoms with van der Waals surface area (Å²) in [7, 11) is 0. The van der Waals surface area contributed by atoms with Gasteiger partial charge >= 0.3 is 0 Å². The maximum absolute atomic E-state index is 6.20. The lowest BCUT2D eigenvalue weighted by Crippen LogP contribution is -2.13. The van der Waals surface area contributed by atoms with Crippen LogP contribution in [0.1, 0.15) is 17.5 Å². The van der Waals surface area contributed by atoms with Gasteiger partial charge in [-0.15, -0.1) is 10.2 Å². The molecule has 0 saturated carbocycles. The summed E-state index contributed by atoms with van der Waals surface area (Å²) in [5, 5.41) is 12.6. The molecule has 1 aromatic heterocycles. The predicted octanol–water partition coefficient (Wildman–Crippen LogP) is 6.35. The Morgan fingerprint density at radius 3 is 2.41 bits per heavy atom. The van der Waals surface area contributed by atoms with Crippen molar-refractivity contribution in [3.63, 3.8) is 0 Å². The van der Waals surface area contributed by atoms with Crippen LogP contribution in [-0.4, -0.2) is 10.2 Å². The fraction of sp³-hybridized carbons (Fsp3) is 0.0476. The van der Waals surface area contributed by atoms with E-state index in [0.717, 1.165) is 21.3 Å². The summed E-state index contributed by atoms with van der Waals surface area (Å²) in [6.45, 7) is 0. The third kappa shape index (κ3) is 4.21. The molecule has 134 valence electrons. The molecule has 0 aliphatic heterocycles. The highest BCUT2D eigenvalue weighted by Crippen LogP contribution is 2.30. The van der Waals surface area contributed by atoms with Gasteiger partial charge in [-0.25, -0.2) is 0 Å². The number of rotatable bonds is 5. The molecule has 0 amide bonds. The Balaban J connectivity index is 1.71. The van der Waals surface area contributed by atoms with E-state index in [1.807, 2.05) is 78.9 Å². The first-order valence-electron chi connectivity index (χ1n) is 8.35. The van der Waals surface area contributed by atoms with E-state index in [2.05, 4.69) is 31.4 Å². The second kappa shape index (κ2) is 7.94. The molecule has 1 atom stereocenters. The minimum Gasteiger partial charge on any atom is -0.418 e. The highest BCUT2D eigenvalue weighted by Gasteiger charge is 2.22. The molecule has 4 aromatic rings. The molecule has 1 N–H and O–H groups in total. The lowest BCUT2D eigenvalue weighted by atomic mass is 10.1. The van der Waals surface area contributed by atoms with E-state index >= 15 is 0 Å². The molecule has 0 saturated heterocycles. The van der Waals surface area contributed by atoms with Gasteiger partial charge in [0.15, 0.2) is 0 Å². The van der Waals surface area contributed by atoms with E-state index in [0.29, 0.717) is 16.8 Å². The van der Waals surface area contributed by atoms with Gasteiger partial charge in [-0.2, -0.15) is 0 Å². The first-order chi connectivity index (χ1) is 13.2. The Morgan fingerprint density at radius 1 is 0.889 bits per heavy atom. The second-order valence-electron chi connectivity index (χ2n) is 5.95. The second-order valence-corrected chi connectivity index (χ2v) is 7.30. The molecular weight excluding hydrogens is 426 g/mol. The summed E-state index contributed by atoms with van der Waals surface area (Å²) in [5.41, 5.74) is 2.75. The maximum atomic E-state index is 6.20. The maximum Gasteiger partial charge on any atom is 0.247 e. The van der Waals surface area contributed by atoms with Crippen LogP contribution in [0.3, 0.4) is 0 Å². The van der Waals surface area contributed by atoms with Crippen LogP contribution in [0.2, 0.25) is 5.02 Å². The molecule has 1 heterocycles.